The lowest BCUT2D eigenvalue weighted by molar-refractivity contribution is -0.137. The molecule has 0 saturated carbocycles. The van der Waals surface area contributed by atoms with Crippen LogP contribution in [0.5, 0.6) is 0 Å². The molecule has 2 aliphatic rings. The van der Waals surface area contributed by atoms with E-state index >= 15 is 0 Å². The molecule has 1 aromatic carbocycles. The van der Waals surface area contributed by atoms with Crippen molar-refractivity contribution in [1.82, 2.24) is 24.5 Å². The van der Waals surface area contributed by atoms with Gasteiger partial charge in [-0.3, -0.25) is 9.59 Å². The number of amides is 1. The number of hydrogen-bond acceptors (Lipinski definition) is 7. The molecule has 4 heterocycles. The topological polar surface area (TPSA) is 106 Å². The van der Waals surface area contributed by atoms with Gasteiger partial charge in [0.25, 0.3) is 5.56 Å². The summed E-state index contributed by atoms with van der Waals surface area (Å²) < 4.78 is 46.9. The Kier molecular flexibility index (Phi) is 6.97. The molecule has 38 heavy (non-hydrogen) atoms. The van der Waals surface area contributed by atoms with Crippen molar-refractivity contribution in [2.24, 2.45) is 0 Å². The first-order chi connectivity index (χ1) is 18.1. The Morgan fingerprint density at radius 2 is 2.03 bits per heavy atom. The molecule has 0 spiro atoms. The molecule has 10 nitrogen and oxygen atoms in total. The first-order valence-electron chi connectivity index (χ1n) is 12.3. The number of anilines is 2. The van der Waals surface area contributed by atoms with Crippen molar-refractivity contribution in [2.75, 3.05) is 43.1 Å². The average Bonchev–Trinajstić information content (AvgIpc) is 3.33. The zero-order valence-electron chi connectivity index (χ0n) is 21.0. The fourth-order valence-electron chi connectivity index (χ4n) is 4.79. The van der Waals surface area contributed by atoms with E-state index in [4.69, 9.17) is 4.74 Å². The smallest absolute Gasteiger partial charge is 0.377 e. The minimum Gasteiger partial charge on any atom is -0.377 e. The van der Waals surface area contributed by atoms with Gasteiger partial charge in [-0.1, -0.05) is 6.08 Å². The monoisotopic (exact) mass is 531 g/mol. The van der Waals surface area contributed by atoms with Crippen molar-refractivity contribution < 1.29 is 22.7 Å². The zero-order valence-corrected chi connectivity index (χ0v) is 21.0. The predicted molar refractivity (Wildman–Crippen MR) is 135 cm³/mol. The number of halogens is 3. The lowest BCUT2D eigenvalue weighted by Crippen LogP contribution is -2.51. The third kappa shape index (κ3) is 5.16. The highest BCUT2D eigenvalue weighted by Gasteiger charge is 2.30. The van der Waals surface area contributed by atoms with Crippen LogP contribution in [-0.4, -0.2) is 64.0 Å². The Labute approximate surface area is 216 Å². The number of carbonyl (C=O) groups excluding carboxylic acids is 1. The summed E-state index contributed by atoms with van der Waals surface area (Å²) in [6.07, 6.45) is -2.00. The first-order valence-corrected chi connectivity index (χ1v) is 12.3. The molecule has 3 aromatic rings. The summed E-state index contributed by atoms with van der Waals surface area (Å²) >= 11 is 0. The second-order valence-corrected chi connectivity index (χ2v) is 9.45. The van der Waals surface area contributed by atoms with Crippen molar-refractivity contribution in [3.05, 3.63) is 57.8 Å². The zero-order chi connectivity index (χ0) is 27.0. The van der Waals surface area contributed by atoms with E-state index in [-0.39, 0.29) is 29.6 Å². The van der Waals surface area contributed by atoms with E-state index in [0.717, 1.165) is 17.7 Å². The summed E-state index contributed by atoms with van der Waals surface area (Å²) in [5.41, 5.74) is 0.947. The van der Waals surface area contributed by atoms with Gasteiger partial charge in [0.05, 0.1) is 18.8 Å². The minimum atomic E-state index is -4.47. The van der Waals surface area contributed by atoms with Crippen LogP contribution in [0.1, 0.15) is 30.4 Å². The fraction of sp³-hybridized carbons (Fsp3) is 0.440. The quantitative estimate of drug-likeness (QED) is 0.521. The molecule has 2 N–H and O–H groups in total. The number of carbonyl (C=O) groups is 1. The van der Waals surface area contributed by atoms with E-state index in [0.29, 0.717) is 56.5 Å². The fourth-order valence-corrected chi connectivity index (χ4v) is 4.79. The predicted octanol–water partition coefficient (Wildman–Crippen LogP) is 2.46. The average molecular weight is 532 g/mol. The van der Waals surface area contributed by atoms with Crippen LogP contribution in [0, 0.1) is 6.92 Å². The highest BCUT2D eigenvalue weighted by atomic mass is 19.4. The number of nitrogens with one attached hydrogen (secondary N) is 2. The summed E-state index contributed by atoms with van der Waals surface area (Å²) in [4.78, 5) is 33.3. The van der Waals surface area contributed by atoms with Gasteiger partial charge in [0.2, 0.25) is 11.7 Å². The molecule has 0 radical (unpaired) electrons. The summed E-state index contributed by atoms with van der Waals surface area (Å²) in [7, 11) is 0. The minimum absolute atomic E-state index is 0.161. The van der Waals surface area contributed by atoms with E-state index in [2.05, 4.69) is 20.7 Å². The van der Waals surface area contributed by atoms with E-state index < -0.39 is 17.6 Å². The molecule has 202 valence electrons. The number of hydrogen-bond donors (Lipinski definition) is 2. The van der Waals surface area contributed by atoms with Gasteiger partial charge in [-0.15, -0.1) is 5.10 Å². The van der Waals surface area contributed by atoms with Crippen LogP contribution in [0.4, 0.5) is 24.5 Å². The van der Waals surface area contributed by atoms with Gasteiger partial charge in [0, 0.05) is 37.1 Å². The number of rotatable bonds is 5. The molecular weight excluding hydrogens is 503 g/mol. The van der Waals surface area contributed by atoms with E-state index in [1.807, 2.05) is 17.9 Å². The van der Waals surface area contributed by atoms with Crippen LogP contribution in [0.2, 0.25) is 0 Å². The number of alkyl halides is 3. The van der Waals surface area contributed by atoms with Gasteiger partial charge in [0.1, 0.15) is 12.2 Å². The molecule has 0 aliphatic carbocycles. The summed E-state index contributed by atoms with van der Waals surface area (Å²) in [5, 5.41) is 10.5. The normalized spacial score (nSPS) is 18.5. The van der Waals surface area contributed by atoms with Crippen molar-refractivity contribution in [2.45, 2.75) is 39.0 Å². The van der Waals surface area contributed by atoms with Crippen molar-refractivity contribution >= 4 is 28.6 Å². The van der Waals surface area contributed by atoms with Gasteiger partial charge in [-0.05, 0) is 50.1 Å². The van der Waals surface area contributed by atoms with Crippen LogP contribution in [-0.2, 0) is 22.3 Å². The van der Waals surface area contributed by atoms with Crippen LogP contribution < -0.4 is 21.1 Å². The van der Waals surface area contributed by atoms with Crippen LogP contribution in [0.3, 0.4) is 0 Å². The van der Waals surface area contributed by atoms with E-state index in [1.165, 1.54) is 16.6 Å². The molecule has 1 fully saturated rings. The van der Waals surface area contributed by atoms with Gasteiger partial charge in [-0.2, -0.15) is 22.7 Å². The molecule has 1 amide bonds. The first kappa shape index (κ1) is 25.9. The molecule has 1 saturated heterocycles. The number of fused-ring (bicyclic) bond motifs is 1. The summed E-state index contributed by atoms with van der Waals surface area (Å²) in [6, 6.07) is 4.39. The lowest BCUT2D eigenvalue weighted by Gasteiger charge is -2.34. The number of ether oxygens (including phenoxy) is 1. The molecule has 2 aliphatic heterocycles. The second-order valence-electron chi connectivity index (χ2n) is 9.45. The second kappa shape index (κ2) is 10.2. The third-order valence-corrected chi connectivity index (χ3v) is 6.71. The summed E-state index contributed by atoms with van der Waals surface area (Å²) in [6.45, 7) is 6.42. The maximum absolute atomic E-state index is 13.6. The largest absolute Gasteiger partial charge is 0.416 e. The molecule has 0 bridgehead atoms. The molecule has 13 heteroatoms. The number of nitrogens with zero attached hydrogens (tertiary/aromatic N) is 5. The highest BCUT2D eigenvalue weighted by molar-refractivity contribution is 5.91. The van der Waals surface area contributed by atoms with Crippen molar-refractivity contribution in [3.8, 4) is 0 Å². The Bertz CT molecular complexity index is 1440. The Morgan fingerprint density at radius 1 is 1.26 bits per heavy atom. The standard InChI is InChI=1S/C25H28F3N7O3/c1-15-13-33(10-9-29-15)21-16(2)34(14-20(36)30-19-5-3-18(4-6-19)25(26,27)28)24-31-22(32-35(24)23(21)37)17-7-11-38-12-8-17/h3-7,15,29H,8-14H2,1-2H3,(H,30,36)/t15-/m1/s1. The SMILES string of the molecule is Cc1c(N2CCN[C@H](C)C2)c(=O)n2nc(C3=CCOCC3)nc2n1CC(=O)Nc1ccc(C(F)(F)F)cc1. The van der Waals surface area contributed by atoms with Gasteiger partial charge >= 0.3 is 6.18 Å². The number of benzene rings is 1. The third-order valence-electron chi connectivity index (χ3n) is 6.71. The van der Waals surface area contributed by atoms with Gasteiger partial charge < -0.3 is 24.8 Å². The Morgan fingerprint density at radius 3 is 2.68 bits per heavy atom. The highest BCUT2D eigenvalue weighted by Crippen LogP contribution is 2.30. The Hall–Kier alpha value is -3.71. The number of piperazine rings is 1. The lowest BCUT2D eigenvalue weighted by atomic mass is 10.1. The van der Waals surface area contributed by atoms with Crippen LogP contribution in [0.15, 0.2) is 35.1 Å². The van der Waals surface area contributed by atoms with Crippen molar-refractivity contribution in [1.29, 1.82) is 0 Å². The van der Waals surface area contributed by atoms with Gasteiger partial charge in [-0.25, -0.2) is 0 Å². The molecule has 0 unspecified atom stereocenters. The Balaban J connectivity index is 1.53. The van der Waals surface area contributed by atoms with E-state index in [9.17, 15) is 22.8 Å². The van der Waals surface area contributed by atoms with Crippen molar-refractivity contribution in [3.63, 3.8) is 0 Å². The van der Waals surface area contributed by atoms with Crippen LogP contribution in [0.25, 0.3) is 11.4 Å². The maximum Gasteiger partial charge on any atom is 0.416 e. The molecule has 2 aromatic heterocycles. The van der Waals surface area contributed by atoms with Crippen LogP contribution >= 0.6 is 0 Å². The molecular formula is C25H28F3N7O3. The maximum atomic E-state index is 13.6. The van der Waals surface area contributed by atoms with E-state index in [1.54, 1.807) is 11.5 Å². The molecule has 1 atom stereocenters. The molecule has 5 rings (SSSR count). The number of aromatic nitrogens is 4. The summed E-state index contributed by atoms with van der Waals surface area (Å²) in [5.74, 6) is 0.129. The van der Waals surface area contributed by atoms with Gasteiger partial charge in [0.15, 0.2) is 5.82 Å².